The molecule has 3 saturated heterocycles. The third-order valence-corrected chi connectivity index (χ3v) is 26.7. The summed E-state index contributed by atoms with van der Waals surface area (Å²) in [5.74, 6) is 1.96. The van der Waals surface area contributed by atoms with Gasteiger partial charge in [0.25, 0.3) is 0 Å². The van der Waals surface area contributed by atoms with Crippen LogP contribution >= 0.6 is 81.2 Å². The van der Waals surface area contributed by atoms with Crippen molar-refractivity contribution >= 4 is 128 Å². The second-order valence-corrected chi connectivity index (χ2v) is 43.6. The lowest BCUT2D eigenvalue weighted by atomic mass is 9.94. The molecule has 6 N–H and O–H groups in total. The van der Waals surface area contributed by atoms with Crippen molar-refractivity contribution in [2.75, 3.05) is 107 Å². The zero-order valence-electron chi connectivity index (χ0n) is 89.3. The predicted molar refractivity (Wildman–Crippen MR) is 592 cm³/mol. The topological polar surface area (TPSA) is 246 Å². The van der Waals surface area contributed by atoms with Crippen molar-refractivity contribution in [3.05, 3.63) is 244 Å². The molecular weight excluding hydrogens is 1990 g/mol. The van der Waals surface area contributed by atoms with Gasteiger partial charge >= 0.3 is 6.18 Å². The van der Waals surface area contributed by atoms with Crippen LogP contribution in [0.4, 0.5) is 13.2 Å². The van der Waals surface area contributed by atoms with Crippen molar-refractivity contribution in [1.29, 1.82) is 0 Å². The van der Waals surface area contributed by atoms with E-state index < -0.39 is 24.7 Å². The largest absolute Gasteiger partial charge is 0.390 e. The number of benzene rings is 7. The number of rotatable bonds is 47. The summed E-state index contributed by atoms with van der Waals surface area (Å²) in [6, 6.07) is 51.7. The Labute approximate surface area is 899 Å². The lowest BCUT2D eigenvalue weighted by molar-refractivity contribution is -0.135. The molecule has 0 radical (unpaired) electrons. The van der Waals surface area contributed by atoms with Crippen molar-refractivity contribution < 1.29 is 65.7 Å². The Kier molecular flexibility index (Phi) is 63.2. The first-order valence-corrected chi connectivity index (χ1v) is 53.9. The number of alkyl halides is 3. The zero-order valence-corrected chi connectivity index (χ0v) is 94.6. The van der Waals surface area contributed by atoms with Gasteiger partial charge in [0.05, 0.1) is 68.0 Å². The van der Waals surface area contributed by atoms with Crippen LogP contribution in [0.2, 0.25) is 35.2 Å². The van der Waals surface area contributed by atoms with E-state index in [1.54, 1.807) is 59.1 Å². The van der Waals surface area contributed by atoms with Gasteiger partial charge in [0.1, 0.15) is 0 Å². The van der Waals surface area contributed by atoms with Gasteiger partial charge < -0.3 is 45.7 Å². The normalized spacial score (nSPS) is 15.3. The van der Waals surface area contributed by atoms with Crippen LogP contribution in [-0.4, -0.2) is 235 Å². The highest BCUT2D eigenvalue weighted by molar-refractivity contribution is 6.32. The van der Waals surface area contributed by atoms with E-state index in [4.69, 9.17) is 95.4 Å². The Morgan fingerprint density at radius 2 is 0.600 bits per heavy atom. The molecule has 3 aliphatic heterocycles. The van der Waals surface area contributed by atoms with E-state index in [1.807, 2.05) is 248 Å². The number of amides is 1. The van der Waals surface area contributed by atoms with E-state index >= 15 is 0 Å². The van der Waals surface area contributed by atoms with E-state index in [-0.39, 0.29) is 131 Å². The molecule has 145 heavy (non-hydrogen) atoms. The molecular formula is C115H165Cl7F3N9O11. The number of nitrogens with zero attached hydrogens (tertiary/aromatic N) is 3. The van der Waals surface area contributed by atoms with Crippen LogP contribution in [0, 0.1) is 47.3 Å². The third kappa shape index (κ3) is 54.6. The maximum atomic E-state index is 12.5. The Bertz CT molecular complexity index is 4760. The maximum absolute atomic E-state index is 12.5. The van der Waals surface area contributed by atoms with Gasteiger partial charge in [0, 0.05) is 162 Å². The van der Waals surface area contributed by atoms with Crippen LogP contribution in [0.3, 0.4) is 0 Å². The fraction of sp³-hybridized carbons (Fsp3) is 0.565. The lowest BCUT2D eigenvalue weighted by Crippen LogP contribution is -2.50. The first-order valence-electron chi connectivity index (χ1n) is 51.3. The third-order valence-electron chi connectivity index (χ3n) is 24.9. The van der Waals surface area contributed by atoms with E-state index in [0.717, 1.165) is 187 Å². The average molecular weight is 2150 g/mol. The summed E-state index contributed by atoms with van der Waals surface area (Å²) in [6.07, 6.45) is 4.66. The van der Waals surface area contributed by atoms with E-state index in [1.165, 1.54) is 4.90 Å². The van der Waals surface area contributed by atoms with Crippen LogP contribution in [0.25, 0.3) is 0 Å². The van der Waals surface area contributed by atoms with Gasteiger partial charge in [0.15, 0.2) is 40.5 Å². The number of halogens is 10. The summed E-state index contributed by atoms with van der Waals surface area (Å²) in [6.45, 7) is 41.9. The first kappa shape index (κ1) is 130. The molecule has 8 atom stereocenters. The number of hydrogen-bond acceptors (Lipinski definition) is 19. The van der Waals surface area contributed by atoms with Gasteiger partial charge in [-0.2, -0.15) is 13.2 Å². The number of carbonyl (C=O) groups excluding carboxylic acids is 8. The van der Waals surface area contributed by atoms with E-state index in [2.05, 4.69) is 50.6 Å². The number of morpholine rings is 1. The highest BCUT2D eigenvalue weighted by Gasteiger charge is 2.33. The number of nitrogens with one attached hydrogen (secondary N) is 6. The summed E-state index contributed by atoms with van der Waals surface area (Å²) in [5, 5.41) is 24.6. The molecule has 3 heterocycles. The van der Waals surface area contributed by atoms with Crippen molar-refractivity contribution in [2.45, 2.75) is 268 Å². The Morgan fingerprint density at radius 3 is 0.897 bits per heavy atom. The molecule has 0 bridgehead atoms. The average Bonchev–Trinajstić information content (AvgIpc) is 0.849. The van der Waals surface area contributed by atoms with Crippen molar-refractivity contribution in [2.24, 2.45) is 47.3 Å². The van der Waals surface area contributed by atoms with Crippen molar-refractivity contribution in [1.82, 2.24) is 46.6 Å². The van der Waals surface area contributed by atoms with Crippen LogP contribution < -0.4 is 31.9 Å². The van der Waals surface area contributed by atoms with Gasteiger partial charge in [-0.05, 0) is 234 Å². The van der Waals surface area contributed by atoms with Crippen LogP contribution in [0.5, 0.6) is 0 Å². The predicted octanol–water partition coefficient (Wildman–Crippen LogP) is 22.6. The van der Waals surface area contributed by atoms with Gasteiger partial charge in [0.2, 0.25) is 5.91 Å². The summed E-state index contributed by atoms with van der Waals surface area (Å²) >= 11 is 41.2. The zero-order chi connectivity index (χ0) is 108. The minimum Gasteiger partial charge on any atom is -0.381 e. The van der Waals surface area contributed by atoms with Crippen molar-refractivity contribution in [3.8, 4) is 0 Å². The Morgan fingerprint density at radius 1 is 0.338 bits per heavy atom. The second-order valence-electron chi connectivity index (χ2n) is 40.5. The summed E-state index contributed by atoms with van der Waals surface area (Å²) < 4.78 is 52.7. The first-order chi connectivity index (χ1) is 68.4. The molecule has 3 aliphatic rings. The fourth-order valence-corrected chi connectivity index (χ4v) is 17.2. The smallest absolute Gasteiger partial charge is 0.381 e. The minimum absolute atomic E-state index is 0.0307. The quantitative estimate of drug-likeness (QED) is 0.0208. The van der Waals surface area contributed by atoms with Gasteiger partial charge in [-0.25, -0.2) is 0 Å². The number of ether oxygens (including phenoxy) is 3. The molecule has 3 fully saturated rings. The molecule has 1 amide bonds. The molecule has 30 heteroatoms. The van der Waals surface area contributed by atoms with Crippen LogP contribution in [0.15, 0.2) is 170 Å². The molecule has 0 spiro atoms. The molecule has 7 aromatic carbocycles. The highest BCUT2D eigenvalue weighted by atomic mass is 35.5. The second kappa shape index (κ2) is 70.3. The number of likely N-dealkylation sites (N-methyl/N-ethyl adjacent to an activating group) is 2. The van der Waals surface area contributed by atoms with E-state index in [9.17, 15) is 51.5 Å². The van der Waals surface area contributed by atoms with Gasteiger partial charge in [-0.15, -0.1) is 0 Å². The highest BCUT2D eigenvalue weighted by Crippen LogP contribution is 2.26. The summed E-state index contributed by atoms with van der Waals surface area (Å²) in [5.41, 5.74) is 7.56. The number of ketones is 7. The molecule has 806 valence electrons. The minimum atomic E-state index is -4.22. The monoisotopic (exact) mass is 2150 g/mol. The molecule has 10 rings (SSSR count). The van der Waals surface area contributed by atoms with Crippen LogP contribution in [0.1, 0.15) is 195 Å². The van der Waals surface area contributed by atoms with E-state index in [0.29, 0.717) is 54.2 Å². The fourth-order valence-electron chi connectivity index (χ4n) is 16.3. The summed E-state index contributed by atoms with van der Waals surface area (Å²) in [4.78, 5) is 104. The molecule has 20 nitrogen and oxygen atoms in total. The SMILES string of the molecule is CC(C)C(=O)[C@@H](Cc1ccc(Cl)cc1)N(C)C.CC(C)C(=O)[C@@H](Cc1ccc(Cl)cc1)NC(C)C(=O)N(C)C.CC(C)C(=O)[C@@H](Cc1ccc(Cl)cc1)NC1CCOCC1.CC(C)C(=O)[C@@H](Cc1ccc(Cl)cc1)NCCC(F)(F)F.CC(C)C(=O)[C@@H](Cc1ccc(Cl)cc1)NCCC1CCOCC1.CC(C)C(=O)[C@@H](Cc1ccc(Cl)cc1)NCCN1CCOCC1.CC(C)N[C@H](Cc1ccc(Cl)cc1)C(=O)C(C)C. The van der Waals surface area contributed by atoms with Gasteiger partial charge in [-0.3, -0.25) is 53.5 Å². The number of hydrogen-bond donors (Lipinski definition) is 6. The molecule has 0 aromatic heterocycles. The Hall–Kier alpha value is -6.92. The molecule has 0 aliphatic carbocycles. The molecule has 0 saturated carbocycles. The van der Waals surface area contributed by atoms with Crippen LogP contribution in [-0.2, 0) is 97.5 Å². The standard InChI is InChI=1S/C19H28ClNO2.C18H27ClN2O2.C17H25ClN2O2.C17H24ClNO2.C15H19ClF3NO.C15H22ClNO.C14H20ClNO/c1-14(2)19(22)18(13-16-3-5-17(20)6-4-16)21-10-7-15-8-11-23-12-9-15;1-14(2)18(22)17(13-15-3-5-16(19)6-4-15)20-7-8-21-9-11-23-12-10-21;1-11(2)16(21)15(19-12(3)17(22)20(4)5)10-13-6-8-14(18)9-7-13;1-12(2)17(20)16(19-15-7-9-21-10-8-15)11-13-3-5-14(18)6-4-13;1-10(2)14(21)13(20-8-7-15(17,18)19)9-11-3-5-12(16)6-4-11;1-10(2)15(18)14(17-11(3)4)9-12-5-7-13(16)8-6-12;1-10(2)14(17)13(16(3)4)9-11-5-7-12(15)8-6-11/h3-6,14-15,18,21H,7-13H2,1-2H3;3-6,14,17,20H,7-13H2,1-2H3;6-9,11-12,15,19H,10H2,1-5H3;3-6,12,15-16,19H,7-11H2,1-2H3;3-6,10,13,20H,7-9H2,1-2H3;5-8,10-11,14,17H,9H2,1-4H3;5-8,10,13H,9H2,1-4H3/t18-;17-;12?,15-;16-;13-;14-;13-/m1111111/s1. The molecule has 1 unspecified atom stereocenters. The Balaban J connectivity index is 0.000000353. The maximum Gasteiger partial charge on any atom is 0.390 e. The number of carbonyl (C=O) groups is 8. The lowest BCUT2D eigenvalue weighted by Gasteiger charge is -2.29. The summed E-state index contributed by atoms with van der Waals surface area (Å²) in [7, 11) is 7.31. The number of Topliss-reactive ketones (excluding diaryl/α,β-unsaturated/α-hetero) is 7. The van der Waals surface area contributed by atoms with Crippen molar-refractivity contribution in [3.63, 3.8) is 0 Å². The van der Waals surface area contributed by atoms with Gasteiger partial charge in [-0.1, -0.05) is 277 Å². The molecule has 7 aromatic rings.